The summed E-state index contributed by atoms with van der Waals surface area (Å²) in [5.74, 6) is -0.974. The van der Waals surface area contributed by atoms with Gasteiger partial charge in [-0.2, -0.15) is 10.1 Å². The van der Waals surface area contributed by atoms with Gasteiger partial charge in [0.25, 0.3) is 17.5 Å². The summed E-state index contributed by atoms with van der Waals surface area (Å²) in [7, 11) is 0. The quantitative estimate of drug-likeness (QED) is 0.276. The SMILES string of the molecule is O=C1[C@@H]2[C@@H](C(=O)N1/N=C\c1ccc(Cl)c([N+](=O)[O-])c1)[C@H]1C=C[C@H]2C1. The number of halogens is 1. The number of hydrogen-bond acceptors (Lipinski definition) is 5. The van der Waals surface area contributed by atoms with E-state index in [1.807, 2.05) is 12.2 Å². The molecule has 1 saturated carbocycles. The minimum absolute atomic E-state index is 0.0163. The molecular weight excluding hydrogens is 334 g/mol. The van der Waals surface area contributed by atoms with Gasteiger partial charge in [0, 0.05) is 11.6 Å². The van der Waals surface area contributed by atoms with E-state index in [9.17, 15) is 19.7 Å². The van der Waals surface area contributed by atoms with E-state index >= 15 is 0 Å². The first kappa shape index (κ1) is 15.0. The summed E-state index contributed by atoms with van der Waals surface area (Å²) in [6.07, 6.45) is 6.14. The number of amides is 2. The van der Waals surface area contributed by atoms with Crippen molar-refractivity contribution in [2.75, 3.05) is 0 Å². The summed E-state index contributed by atoms with van der Waals surface area (Å²) in [4.78, 5) is 35.2. The molecule has 8 heteroatoms. The molecule has 4 rings (SSSR count). The van der Waals surface area contributed by atoms with Gasteiger partial charge in [0.05, 0.1) is 23.0 Å². The van der Waals surface area contributed by atoms with Gasteiger partial charge in [-0.05, 0) is 24.3 Å². The normalized spacial score (nSPS) is 30.6. The Morgan fingerprint density at radius 3 is 2.42 bits per heavy atom. The highest BCUT2D eigenvalue weighted by atomic mass is 35.5. The molecule has 2 bridgehead atoms. The summed E-state index contributed by atoms with van der Waals surface area (Å²) < 4.78 is 0. The predicted octanol–water partition coefficient (Wildman–Crippen LogP) is 2.39. The van der Waals surface area contributed by atoms with Crippen LogP contribution in [-0.2, 0) is 9.59 Å². The Hall–Kier alpha value is -2.54. The van der Waals surface area contributed by atoms with Crippen molar-refractivity contribution >= 4 is 35.3 Å². The summed E-state index contributed by atoms with van der Waals surface area (Å²) in [5.41, 5.74) is 0.142. The number of allylic oxidation sites excluding steroid dienone is 2. The van der Waals surface area contributed by atoms with Crippen molar-refractivity contribution in [3.05, 3.63) is 51.1 Å². The number of hydrazone groups is 1. The molecule has 0 spiro atoms. The van der Waals surface area contributed by atoms with Gasteiger partial charge in [-0.25, -0.2) is 0 Å². The van der Waals surface area contributed by atoms with Crippen LogP contribution in [0.1, 0.15) is 12.0 Å². The second-order valence-corrected chi connectivity index (χ2v) is 6.61. The largest absolute Gasteiger partial charge is 0.288 e. The molecule has 122 valence electrons. The van der Waals surface area contributed by atoms with E-state index in [1.54, 1.807) is 0 Å². The molecule has 1 saturated heterocycles. The highest BCUT2D eigenvalue weighted by molar-refractivity contribution is 6.32. The number of nitrogens with zero attached hydrogens (tertiary/aromatic N) is 3. The molecule has 7 nitrogen and oxygen atoms in total. The summed E-state index contributed by atoms with van der Waals surface area (Å²) in [5, 5.41) is 15.8. The molecule has 0 N–H and O–H groups in total. The molecule has 1 heterocycles. The smallest absolute Gasteiger partial charge is 0.272 e. The lowest BCUT2D eigenvalue weighted by molar-refractivity contribution is -0.384. The van der Waals surface area contributed by atoms with Crippen molar-refractivity contribution in [3.8, 4) is 0 Å². The second-order valence-electron chi connectivity index (χ2n) is 6.20. The third-order valence-corrected chi connectivity index (χ3v) is 5.26. The molecule has 2 fully saturated rings. The number of carbonyl (C=O) groups is 2. The van der Waals surface area contributed by atoms with Gasteiger partial charge in [-0.3, -0.25) is 19.7 Å². The Balaban J connectivity index is 1.59. The van der Waals surface area contributed by atoms with Crippen LogP contribution in [0.25, 0.3) is 0 Å². The first-order valence-corrected chi connectivity index (χ1v) is 7.89. The molecule has 0 radical (unpaired) electrons. The van der Waals surface area contributed by atoms with Crippen molar-refractivity contribution in [3.63, 3.8) is 0 Å². The molecule has 2 aliphatic carbocycles. The highest BCUT2D eigenvalue weighted by Crippen LogP contribution is 2.52. The maximum Gasteiger partial charge on any atom is 0.288 e. The lowest BCUT2D eigenvalue weighted by atomic mass is 9.85. The summed E-state index contributed by atoms with van der Waals surface area (Å²) >= 11 is 5.76. The van der Waals surface area contributed by atoms with Crippen LogP contribution in [0.3, 0.4) is 0 Å². The molecule has 24 heavy (non-hydrogen) atoms. The fourth-order valence-electron chi connectivity index (χ4n) is 3.87. The van der Waals surface area contributed by atoms with Gasteiger partial charge in [0.15, 0.2) is 0 Å². The van der Waals surface area contributed by atoms with E-state index in [-0.39, 0.29) is 46.2 Å². The van der Waals surface area contributed by atoms with Crippen molar-refractivity contribution in [2.45, 2.75) is 6.42 Å². The number of rotatable bonds is 3. The number of nitro groups is 1. The first-order valence-electron chi connectivity index (χ1n) is 7.51. The maximum absolute atomic E-state index is 12.5. The predicted molar refractivity (Wildman–Crippen MR) is 85.3 cm³/mol. The molecule has 0 aromatic heterocycles. The highest BCUT2D eigenvalue weighted by Gasteiger charge is 2.59. The lowest BCUT2D eigenvalue weighted by Crippen LogP contribution is -2.28. The van der Waals surface area contributed by atoms with Crippen LogP contribution in [0.5, 0.6) is 0 Å². The van der Waals surface area contributed by atoms with Gasteiger partial charge in [-0.1, -0.05) is 29.8 Å². The van der Waals surface area contributed by atoms with E-state index in [1.165, 1.54) is 24.4 Å². The van der Waals surface area contributed by atoms with E-state index in [0.29, 0.717) is 5.56 Å². The number of imide groups is 1. The zero-order chi connectivity index (χ0) is 17.0. The van der Waals surface area contributed by atoms with Gasteiger partial charge < -0.3 is 0 Å². The van der Waals surface area contributed by atoms with E-state index in [0.717, 1.165) is 11.4 Å². The van der Waals surface area contributed by atoms with Gasteiger partial charge in [-0.15, -0.1) is 0 Å². The Bertz CT molecular complexity index is 805. The zero-order valence-corrected chi connectivity index (χ0v) is 13.1. The van der Waals surface area contributed by atoms with E-state index in [2.05, 4.69) is 5.10 Å². The van der Waals surface area contributed by atoms with Gasteiger partial charge in [0.2, 0.25) is 0 Å². The Morgan fingerprint density at radius 1 is 1.21 bits per heavy atom. The minimum Gasteiger partial charge on any atom is -0.272 e. The van der Waals surface area contributed by atoms with Crippen molar-refractivity contribution < 1.29 is 14.5 Å². The van der Waals surface area contributed by atoms with Crippen molar-refractivity contribution in [1.82, 2.24) is 5.01 Å². The average molecular weight is 346 g/mol. The Morgan fingerprint density at radius 2 is 1.83 bits per heavy atom. The Kier molecular flexibility index (Phi) is 3.28. The van der Waals surface area contributed by atoms with Crippen molar-refractivity contribution in [2.24, 2.45) is 28.8 Å². The topological polar surface area (TPSA) is 92.9 Å². The molecule has 4 atom stereocenters. The molecule has 1 aromatic rings. The van der Waals surface area contributed by atoms with Crippen LogP contribution >= 0.6 is 11.6 Å². The number of nitro benzene ring substituents is 1. The summed E-state index contributed by atoms with van der Waals surface area (Å²) in [6.45, 7) is 0. The fourth-order valence-corrected chi connectivity index (χ4v) is 4.06. The number of hydrogen-bond donors (Lipinski definition) is 0. The molecular formula is C16H12ClN3O4. The number of fused-ring (bicyclic) bond motifs is 5. The second kappa shape index (κ2) is 5.24. The monoisotopic (exact) mass is 345 g/mol. The fraction of sp³-hybridized carbons (Fsp3) is 0.312. The minimum atomic E-state index is -0.598. The summed E-state index contributed by atoms with van der Waals surface area (Å²) in [6, 6.07) is 4.17. The van der Waals surface area contributed by atoms with Crippen LogP contribution in [0.2, 0.25) is 5.02 Å². The van der Waals surface area contributed by atoms with Crippen LogP contribution in [-0.4, -0.2) is 28.0 Å². The third kappa shape index (κ3) is 2.08. The molecule has 3 aliphatic rings. The van der Waals surface area contributed by atoms with Gasteiger partial charge >= 0.3 is 0 Å². The molecule has 1 aliphatic heterocycles. The van der Waals surface area contributed by atoms with Crippen molar-refractivity contribution in [1.29, 1.82) is 0 Å². The van der Waals surface area contributed by atoms with Crippen LogP contribution in [0, 0.1) is 33.8 Å². The van der Waals surface area contributed by atoms with Crippen LogP contribution < -0.4 is 0 Å². The first-order chi connectivity index (χ1) is 11.5. The van der Waals surface area contributed by atoms with E-state index < -0.39 is 4.92 Å². The van der Waals surface area contributed by atoms with E-state index in [4.69, 9.17) is 11.6 Å². The number of benzene rings is 1. The number of carbonyl (C=O) groups excluding carboxylic acids is 2. The maximum atomic E-state index is 12.5. The third-order valence-electron chi connectivity index (χ3n) is 4.94. The van der Waals surface area contributed by atoms with Crippen LogP contribution in [0.4, 0.5) is 5.69 Å². The Labute approximate surface area is 141 Å². The average Bonchev–Trinajstić information content (AvgIpc) is 3.22. The van der Waals surface area contributed by atoms with Crippen LogP contribution in [0.15, 0.2) is 35.5 Å². The molecule has 0 unspecified atom stereocenters. The van der Waals surface area contributed by atoms with Gasteiger partial charge in [0.1, 0.15) is 5.02 Å². The molecule has 1 aromatic carbocycles. The zero-order valence-electron chi connectivity index (χ0n) is 12.3. The standard InChI is InChI=1S/C16H12ClN3O4/c17-11-4-1-8(5-12(11)20(23)24)7-18-19-15(21)13-9-2-3-10(6-9)14(13)16(19)22/h1-5,7,9-10,13-14H,6H2/b18-7-/t9-,10-,13-,14-/m0/s1. The lowest BCUT2D eigenvalue weighted by Gasteiger charge is -2.13. The molecule has 2 amide bonds.